The molecule has 3 rings (SSSR count). The Balaban J connectivity index is 1.57. The lowest BCUT2D eigenvalue weighted by atomic mass is 9.86. The van der Waals surface area contributed by atoms with Crippen LogP contribution in [0.5, 0.6) is 0 Å². The molecule has 0 aromatic heterocycles. The summed E-state index contributed by atoms with van der Waals surface area (Å²) in [5, 5.41) is 6.28. The molecule has 1 aromatic carbocycles. The molecule has 2 aliphatic carbocycles. The number of anilines is 2. The van der Waals surface area contributed by atoms with Crippen LogP contribution in [0.2, 0.25) is 0 Å². The Kier molecular flexibility index (Phi) is 8.80. The van der Waals surface area contributed by atoms with Crippen molar-refractivity contribution in [3.8, 4) is 0 Å². The summed E-state index contributed by atoms with van der Waals surface area (Å²) in [6, 6.07) is 5.03. The van der Waals surface area contributed by atoms with E-state index in [0.717, 1.165) is 5.56 Å². The molecule has 3 N–H and O–H groups in total. The van der Waals surface area contributed by atoms with E-state index in [1.54, 1.807) is 39.0 Å². The molecular weight excluding hydrogens is 502 g/mol. The lowest BCUT2D eigenvalue weighted by molar-refractivity contribution is -0.120. The molecule has 0 unspecified atom stereocenters. The van der Waals surface area contributed by atoms with Crippen LogP contribution >= 0.6 is 11.6 Å². The molecule has 0 bridgehead atoms. The van der Waals surface area contributed by atoms with Crippen LogP contribution in [0, 0.1) is 12.8 Å². The number of rotatable bonds is 7. The van der Waals surface area contributed by atoms with Crippen LogP contribution in [0.15, 0.2) is 40.5 Å². The largest absolute Gasteiger partial charge is 0.326 e. The van der Waals surface area contributed by atoms with Gasteiger partial charge in [-0.1, -0.05) is 11.6 Å². The molecule has 2 amide bonds. The molecule has 36 heavy (non-hydrogen) atoms. The highest BCUT2D eigenvalue weighted by Crippen LogP contribution is 2.29. The van der Waals surface area contributed by atoms with Crippen molar-refractivity contribution < 1.29 is 22.8 Å². The molecule has 1 saturated carbocycles. The summed E-state index contributed by atoms with van der Waals surface area (Å²) in [6.45, 7) is 6.80. The monoisotopic (exact) mass is 535 g/mol. The van der Waals surface area contributed by atoms with Crippen LogP contribution in [-0.2, 0) is 24.4 Å². The minimum absolute atomic E-state index is 0.105. The Hall–Kier alpha value is -2.49. The second-order valence-electron chi connectivity index (χ2n) is 10.4. The molecule has 0 radical (unpaired) electrons. The fourth-order valence-corrected chi connectivity index (χ4v) is 5.46. The Morgan fingerprint density at radius 1 is 1.06 bits per heavy atom. The number of hydrogen-bond acceptors (Lipinski definition) is 5. The van der Waals surface area contributed by atoms with Gasteiger partial charge in [0.1, 0.15) is 6.29 Å². The molecule has 0 aliphatic heterocycles. The standard InChI is InChI=1S/C26H34ClN3O5S/c1-16-13-21(11-12-23(16)29-25(33)22-14-19(27)8-5-18(22)15-31)28-24(32)17-6-9-20(10-7-17)30-36(34,35)26(2,3)4/h11-15,17,20,30H,5-10H2,1-4H3,(H,28,32)(H,29,33). The number of nitrogens with one attached hydrogen (secondary N) is 3. The van der Waals surface area contributed by atoms with Gasteiger partial charge >= 0.3 is 0 Å². The maximum atomic E-state index is 12.8. The molecule has 0 spiro atoms. The predicted molar refractivity (Wildman–Crippen MR) is 142 cm³/mol. The smallest absolute Gasteiger partial charge is 0.256 e. The van der Waals surface area contributed by atoms with E-state index in [1.807, 2.05) is 6.92 Å². The summed E-state index contributed by atoms with van der Waals surface area (Å²) in [6.07, 6.45) is 5.58. The normalized spacial score (nSPS) is 21.0. The molecule has 1 aromatic rings. The quantitative estimate of drug-likeness (QED) is 0.442. The summed E-state index contributed by atoms with van der Waals surface area (Å²) in [7, 11) is -3.43. The van der Waals surface area contributed by atoms with Crippen LogP contribution in [0.25, 0.3) is 0 Å². The van der Waals surface area contributed by atoms with E-state index < -0.39 is 20.7 Å². The zero-order chi connectivity index (χ0) is 26.7. The number of amides is 2. The SMILES string of the molecule is Cc1cc(NC(=O)C2CCC(NS(=O)(=O)C(C)(C)C)CC2)ccc1NC(=O)C1=C(C=O)CCC(Cl)=C1. The maximum Gasteiger partial charge on any atom is 0.256 e. The first-order valence-corrected chi connectivity index (χ1v) is 14.0. The number of sulfonamides is 1. The van der Waals surface area contributed by atoms with Crippen molar-refractivity contribution in [3.05, 3.63) is 46.0 Å². The topological polar surface area (TPSA) is 121 Å². The molecule has 0 heterocycles. The summed E-state index contributed by atoms with van der Waals surface area (Å²) < 4.78 is 26.7. The second-order valence-corrected chi connectivity index (χ2v) is 13.4. The zero-order valence-electron chi connectivity index (χ0n) is 21.1. The van der Waals surface area contributed by atoms with Gasteiger partial charge in [-0.25, -0.2) is 13.1 Å². The number of aldehydes is 1. The van der Waals surface area contributed by atoms with E-state index in [0.29, 0.717) is 66.8 Å². The summed E-state index contributed by atoms with van der Waals surface area (Å²) in [4.78, 5) is 36.9. The van der Waals surface area contributed by atoms with Gasteiger partial charge in [0.05, 0.1) is 4.75 Å². The minimum atomic E-state index is -3.43. The van der Waals surface area contributed by atoms with E-state index in [2.05, 4.69) is 15.4 Å². The molecule has 0 atom stereocenters. The molecule has 196 valence electrons. The molecule has 0 saturated heterocycles. The fraction of sp³-hybridized carbons (Fsp3) is 0.500. The summed E-state index contributed by atoms with van der Waals surface area (Å²) in [5.74, 6) is -0.712. The fourth-order valence-electron chi connectivity index (χ4n) is 4.23. The number of allylic oxidation sites excluding steroid dienone is 2. The van der Waals surface area contributed by atoms with Gasteiger partial charge in [-0.15, -0.1) is 0 Å². The van der Waals surface area contributed by atoms with Gasteiger partial charge < -0.3 is 10.6 Å². The third kappa shape index (κ3) is 6.83. The molecule has 2 aliphatic rings. The van der Waals surface area contributed by atoms with Crippen LogP contribution in [0.4, 0.5) is 11.4 Å². The molecule has 8 nitrogen and oxygen atoms in total. The molecule has 10 heteroatoms. The number of carbonyl (C=O) groups excluding carboxylic acids is 3. The predicted octanol–water partition coefficient (Wildman–Crippen LogP) is 4.56. The van der Waals surface area contributed by atoms with E-state index in [4.69, 9.17) is 11.6 Å². The highest BCUT2D eigenvalue weighted by atomic mass is 35.5. The van der Waals surface area contributed by atoms with Crippen LogP contribution in [0.1, 0.15) is 64.9 Å². The van der Waals surface area contributed by atoms with Gasteiger partial charge in [0, 0.05) is 39.5 Å². The van der Waals surface area contributed by atoms with Crippen molar-refractivity contribution in [2.24, 2.45) is 5.92 Å². The van der Waals surface area contributed by atoms with Gasteiger partial charge in [0.25, 0.3) is 5.91 Å². The van der Waals surface area contributed by atoms with Gasteiger partial charge in [0.15, 0.2) is 0 Å². The Labute approximate surface area is 218 Å². The van der Waals surface area contributed by atoms with Gasteiger partial charge in [-0.05, 0) is 96.1 Å². The highest BCUT2D eigenvalue weighted by Gasteiger charge is 2.34. The Morgan fingerprint density at radius 3 is 2.31 bits per heavy atom. The van der Waals surface area contributed by atoms with E-state index in [9.17, 15) is 22.8 Å². The van der Waals surface area contributed by atoms with Crippen molar-refractivity contribution in [1.29, 1.82) is 0 Å². The van der Waals surface area contributed by atoms with Gasteiger partial charge in [-0.3, -0.25) is 14.4 Å². The van der Waals surface area contributed by atoms with Gasteiger partial charge in [0.2, 0.25) is 15.9 Å². The van der Waals surface area contributed by atoms with E-state index in [-0.39, 0.29) is 23.4 Å². The molecular formula is C26H34ClN3O5S. The zero-order valence-corrected chi connectivity index (χ0v) is 22.7. The lowest BCUT2D eigenvalue weighted by Gasteiger charge is -2.30. The molecule has 1 fully saturated rings. The third-order valence-corrected chi connectivity index (χ3v) is 9.19. The number of hydrogen-bond donors (Lipinski definition) is 3. The lowest BCUT2D eigenvalue weighted by Crippen LogP contribution is -2.46. The van der Waals surface area contributed by atoms with Crippen molar-refractivity contribution in [1.82, 2.24) is 4.72 Å². The van der Waals surface area contributed by atoms with E-state index in [1.165, 1.54) is 6.08 Å². The summed E-state index contributed by atoms with van der Waals surface area (Å²) >= 11 is 6.06. The number of benzene rings is 1. The van der Waals surface area contributed by atoms with Crippen molar-refractivity contribution >= 4 is 51.1 Å². The van der Waals surface area contributed by atoms with Crippen molar-refractivity contribution in [3.63, 3.8) is 0 Å². The van der Waals surface area contributed by atoms with Crippen LogP contribution in [-0.4, -0.2) is 37.3 Å². The highest BCUT2D eigenvalue weighted by molar-refractivity contribution is 7.90. The Morgan fingerprint density at radius 2 is 1.72 bits per heavy atom. The minimum Gasteiger partial charge on any atom is -0.326 e. The Bertz CT molecular complexity index is 1210. The first-order valence-electron chi connectivity index (χ1n) is 12.1. The number of halogens is 1. The second kappa shape index (κ2) is 11.3. The van der Waals surface area contributed by atoms with Crippen molar-refractivity contribution in [2.45, 2.75) is 77.0 Å². The number of aryl methyl sites for hydroxylation is 1. The van der Waals surface area contributed by atoms with E-state index >= 15 is 0 Å². The summed E-state index contributed by atoms with van der Waals surface area (Å²) in [5.41, 5.74) is 2.61. The van der Waals surface area contributed by atoms with Crippen molar-refractivity contribution in [2.75, 3.05) is 10.6 Å². The van der Waals surface area contributed by atoms with Crippen LogP contribution < -0.4 is 15.4 Å². The maximum absolute atomic E-state index is 12.8. The van der Waals surface area contributed by atoms with Crippen LogP contribution in [0.3, 0.4) is 0 Å². The number of carbonyl (C=O) groups is 3. The first kappa shape index (κ1) is 28.1. The third-order valence-electron chi connectivity index (χ3n) is 6.64. The first-order chi connectivity index (χ1) is 16.8. The average Bonchev–Trinajstić information content (AvgIpc) is 2.80. The van der Waals surface area contributed by atoms with Gasteiger partial charge in [-0.2, -0.15) is 0 Å². The average molecular weight is 536 g/mol.